The Kier molecular flexibility index (Phi) is 4.71. The van der Waals surface area contributed by atoms with Crippen LogP contribution in [0.1, 0.15) is 31.2 Å². The van der Waals surface area contributed by atoms with E-state index in [1.54, 1.807) is 11.0 Å². The van der Waals surface area contributed by atoms with E-state index in [0.717, 1.165) is 18.4 Å². The van der Waals surface area contributed by atoms with Crippen molar-refractivity contribution in [3.8, 4) is 0 Å². The van der Waals surface area contributed by atoms with Crippen molar-refractivity contribution >= 4 is 18.0 Å². The molecule has 1 heterocycles. The normalized spacial score (nSPS) is 27.4. The molecule has 3 rings (SSSR count). The molecule has 1 saturated carbocycles. The molecule has 5 heteroatoms. The van der Waals surface area contributed by atoms with Crippen molar-refractivity contribution in [2.24, 2.45) is 11.3 Å². The Morgan fingerprint density at radius 2 is 1.92 bits per heavy atom. The number of likely N-dealkylation sites (tertiary alicyclic amines) is 1. The van der Waals surface area contributed by atoms with Crippen LogP contribution in [0.15, 0.2) is 36.4 Å². The van der Waals surface area contributed by atoms with Crippen LogP contribution in [-0.4, -0.2) is 46.2 Å². The molecule has 1 unspecified atom stereocenters. The summed E-state index contributed by atoms with van der Waals surface area (Å²) in [6, 6.07) is 9.50. The lowest BCUT2D eigenvalue weighted by molar-refractivity contribution is -0.166. The number of carboxylic acid groups (broad SMARTS) is 1. The number of amides is 1. The minimum atomic E-state index is -1.23. The predicted octanol–water partition coefficient (Wildman–Crippen LogP) is 2.16. The van der Waals surface area contributed by atoms with Crippen molar-refractivity contribution in [2.75, 3.05) is 13.1 Å². The van der Waals surface area contributed by atoms with Gasteiger partial charge in [0.25, 0.3) is 0 Å². The van der Waals surface area contributed by atoms with Gasteiger partial charge in [0.15, 0.2) is 0 Å². The number of hydrogen-bond donors (Lipinski definition) is 2. The van der Waals surface area contributed by atoms with Crippen LogP contribution < -0.4 is 0 Å². The molecule has 2 atom stereocenters. The number of carbonyl (C=O) groups excluding carboxylic acids is 1. The fourth-order valence-electron chi connectivity index (χ4n) is 3.44. The Morgan fingerprint density at radius 1 is 1.21 bits per heavy atom. The SMILES string of the molecule is O=C(C=Cc1ccccc1)N1CCC(O)[C@@](CC2CC2)(C(=O)O)C1. The molecule has 5 nitrogen and oxygen atoms in total. The van der Waals surface area contributed by atoms with E-state index in [1.807, 2.05) is 30.3 Å². The lowest BCUT2D eigenvalue weighted by Crippen LogP contribution is -2.57. The van der Waals surface area contributed by atoms with Crippen LogP contribution in [0.2, 0.25) is 0 Å². The summed E-state index contributed by atoms with van der Waals surface area (Å²) in [7, 11) is 0. The number of piperidine rings is 1. The first-order valence-electron chi connectivity index (χ1n) is 8.45. The summed E-state index contributed by atoms with van der Waals surface area (Å²) < 4.78 is 0. The topological polar surface area (TPSA) is 77.8 Å². The largest absolute Gasteiger partial charge is 0.481 e. The fourth-order valence-corrected chi connectivity index (χ4v) is 3.44. The summed E-state index contributed by atoms with van der Waals surface area (Å²) in [4.78, 5) is 25.9. The summed E-state index contributed by atoms with van der Waals surface area (Å²) in [5, 5.41) is 20.1. The third kappa shape index (κ3) is 3.51. The highest BCUT2D eigenvalue weighted by molar-refractivity contribution is 5.92. The van der Waals surface area contributed by atoms with Crippen molar-refractivity contribution < 1.29 is 19.8 Å². The van der Waals surface area contributed by atoms with Crippen LogP contribution in [0.5, 0.6) is 0 Å². The van der Waals surface area contributed by atoms with Crippen molar-refractivity contribution in [1.29, 1.82) is 0 Å². The molecule has 24 heavy (non-hydrogen) atoms. The van der Waals surface area contributed by atoms with Crippen molar-refractivity contribution in [2.45, 2.75) is 31.8 Å². The van der Waals surface area contributed by atoms with Gasteiger partial charge in [0.1, 0.15) is 5.41 Å². The molecule has 0 aromatic heterocycles. The molecule has 0 radical (unpaired) electrons. The maximum absolute atomic E-state index is 12.5. The average Bonchev–Trinajstić information content (AvgIpc) is 3.39. The van der Waals surface area contributed by atoms with Gasteiger partial charge in [-0.3, -0.25) is 9.59 Å². The number of aliphatic hydroxyl groups excluding tert-OH is 1. The van der Waals surface area contributed by atoms with E-state index < -0.39 is 17.5 Å². The second-order valence-electron chi connectivity index (χ2n) is 6.92. The number of nitrogens with zero attached hydrogens (tertiary/aromatic N) is 1. The fraction of sp³-hybridized carbons (Fsp3) is 0.474. The highest BCUT2D eigenvalue weighted by Gasteiger charge is 2.52. The first kappa shape index (κ1) is 16.7. The number of carboxylic acids is 1. The van der Waals surface area contributed by atoms with Crippen LogP contribution in [0.4, 0.5) is 0 Å². The number of hydrogen-bond acceptors (Lipinski definition) is 3. The number of benzene rings is 1. The van der Waals surface area contributed by atoms with Crippen LogP contribution in [0.3, 0.4) is 0 Å². The van der Waals surface area contributed by atoms with E-state index in [2.05, 4.69) is 0 Å². The summed E-state index contributed by atoms with van der Waals surface area (Å²) in [5.41, 5.74) is -0.305. The standard InChI is InChI=1S/C19H23NO4/c21-16-10-11-20(13-19(16,18(23)24)12-15-6-7-15)17(22)9-8-14-4-2-1-3-5-14/h1-5,8-9,15-16,21H,6-7,10-13H2,(H,23,24)/t16?,19-/m0/s1. The van der Waals surface area contributed by atoms with Gasteiger partial charge in [-0.25, -0.2) is 0 Å². The highest BCUT2D eigenvalue weighted by atomic mass is 16.4. The van der Waals surface area contributed by atoms with E-state index in [4.69, 9.17) is 0 Å². The average molecular weight is 329 g/mol. The molecular weight excluding hydrogens is 306 g/mol. The smallest absolute Gasteiger partial charge is 0.314 e. The second kappa shape index (κ2) is 6.77. The minimum Gasteiger partial charge on any atom is -0.481 e. The van der Waals surface area contributed by atoms with Crippen molar-refractivity contribution in [3.63, 3.8) is 0 Å². The Balaban J connectivity index is 1.72. The molecule has 1 saturated heterocycles. The molecule has 0 bridgehead atoms. The zero-order valence-electron chi connectivity index (χ0n) is 13.6. The molecule has 0 spiro atoms. The van der Waals surface area contributed by atoms with Gasteiger partial charge in [-0.1, -0.05) is 43.2 Å². The van der Waals surface area contributed by atoms with E-state index in [-0.39, 0.29) is 12.5 Å². The van der Waals surface area contributed by atoms with Gasteiger partial charge >= 0.3 is 5.97 Å². The van der Waals surface area contributed by atoms with Gasteiger partial charge in [0, 0.05) is 19.2 Å². The Hall–Kier alpha value is -2.14. The van der Waals surface area contributed by atoms with Crippen molar-refractivity contribution in [1.82, 2.24) is 4.90 Å². The van der Waals surface area contributed by atoms with Gasteiger partial charge in [-0.2, -0.15) is 0 Å². The van der Waals surface area contributed by atoms with Gasteiger partial charge in [0.05, 0.1) is 6.10 Å². The third-order valence-electron chi connectivity index (χ3n) is 5.09. The molecule has 1 aromatic carbocycles. The first-order valence-corrected chi connectivity index (χ1v) is 8.45. The molecular formula is C19H23NO4. The predicted molar refractivity (Wildman–Crippen MR) is 90.1 cm³/mol. The quantitative estimate of drug-likeness (QED) is 0.812. The van der Waals surface area contributed by atoms with Crippen molar-refractivity contribution in [3.05, 3.63) is 42.0 Å². The van der Waals surface area contributed by atoms with Crippen LogP contribution >= 0.6 is 0 Å². The minimum absolute atomic E-state index is 0.0813. The monoisotopic (exact) mass is 329 g/mol. The second-order valence-corrected chi connectivity index (χ2v) is 6.92. The zero-order valence-corrected chi connectivity index (χ0v) is 13.6. The zero-order chi connectivity index (χ0) is 17.2. The Labute approximate surface area is 141 Å². The lowest BCUT2D eigenvalue weighted by Gasteiger charge is -2.43. The van der Waals surface area contributed by atoms with Gasteiger partial charge in [-0.15, -0.1) is 0 Å². The maximum atomic E-state index is 12.5. The number of aliphatic hydroxyl groups is 1. The van der Waals surface area contributed by atoms with E-state index in [1.165, 1.54) is 6.08 Å². The number of aliphatic carboxylic acids is 1. The van der Waals surface area contributed by atoms with E-state index >= 15 is 0 Å². The Bertz CT molecular complexity index is 638. The molecule has 1 aliphatic carbocycles. The molecule has 2 aliphatic rings. The maximum Gasteiger partial charge on any atom is 0.314 e. The molecule has 1 aliphatic heterocycles. The van der Waals surface area contributed by atoms with Gasteiger partial charge < -0.3 is 15.1 Å². The summed E-state index contributed by atoms with van der Waals surface area (Å²) in [5.74, 6) is -0.829. The Morgan fingerprint density at radius 3 is 2.54 bits per heavy atom. The number of carbonyl (C=O) groups is 2. The molecule has 2 fully saturated rings. The van der Waals surface area contributed by atoms with Gasteiger partial charge in [0.2, 0.25) is 5.91 Å². The van der Waals surface area contributed by atoms with E-state index in [9.17, 15) is 19.8 Å². The molecule has 1 aromatic rings. The highest BCUT2D eigenvalue weighted by Crippen LogP contribution is 2.45. The summed E-state index contributed by atoms with van der Waals surface area (Å²) in [6.45, 7) is 0.469. The lowest BCUT2D eigenvalue weighted by atomic mass is 9.73. The van der Waals surface area contributed by atoms with E-state index in [0.29, 0.717) is 25.3 Å². The molecule has 128 valence electrons. The number of rotatable bonds is 5. The third-order valence-corrected chi connectivity index (χ3v) is 5.09. The molecule has 1 amide bonds. The first-order chi connectivity index (χ1) is 11.5. The van der Waals surface area contributed by atoms with Gasteiger partial charge in [-0.05, 0) is 30.4 Å². The summed E-state index contributed by atoms with van der Waals surface area (Å²) >= 11 is 0. The van der Waals surface area contributed by atoms with Crippen LogP contribution in [0, 0.1) is 11.3 Å². The van der Waals surface area contributed by atoms with Crippen LogP contribution in [0.25, 0.3) is 6.08 Å². The molecule has 2 N–H and O–H groups in total. The van der Waals surface area contributed by atoms with Crippen LogP contribution in [-0.2, 0) is 9.59 Å². The summed E-state index contributed by atoms with van der Waals surface area (Å²) in [6.07, 6.45) is 5.12.